The van der Waals surface area contributed by atoms with Crippen LogP contribution >= 0.6 is 0 Å². The molecule has 1 rings (SSSR count). The quantitative estimate of drug-likeness (QED) is 0.833. The maximum Gasteiger partial charge on any atom is 0.242 e. The predicted molar refractivity (Wildman–Crippen MR) is 78.9 cm³/mol. The lowest BCUT2D eigenvalue weighted by Gasteiger charge is -2.30. The summed E-state index contributed by atoms with van der Waals surface area (Å²) in [5.74, 6) is 0.527. The van der Waals surface area contributed by atoms with Crippen LogP contribution in [0.5, 0.6) is 11.5 Å². The Morgan fingerprint density at radius 3 is 2.65 bits per heavy atom. The number of likely N-dealkylation sites (N-methyl/N-ethyl adjacent to an activating group) is 2. The van der Waals surface area contributed by atoms with Gasteiger partial charge in [0.15, 0.2) is 11.5 Å². The fraction of sp³-hybridized carbons (Fsp3) is 0.533. The summed E-state index contributed by atoms with van der Waals surface area (Å²) in [6.45, 7) is 6.91. The molecular formula is C15H24N2O3. The molecule has 0 aliphatic heterocycles. The normalized spacial score (nSPS) is 11.2. The molecule has 0 aliphatic carbocycles. The number of rotatable bonds is 6. The number of carbonyl (C=O) groups excluding carboxylic acids is 1. The van der Waals surface area contributed by atoms with Crippen LogP contribution in [0.3, 0.4) is 0 Å². The molecule has 20 heavy (non-hydrogen) atoms. The van der Waals surface area contributed by atoms with Crippen molar-refractivity contribution in [2.45, 2.75) is 32.9 Å². The van der Waals surface area contributed by atoms with Gasteiger partial charge in [-0.15, -0.1) is 0 Å². The van der Waals surface area contributed by atoms with Crippen molar-refractivity contribution in [3.63, 3.8) is 0 Å². The third kappa shape index (κ3) is 3.87. The summed E-state index contributed by atoms with van der Waals surface area (Å²) in [5, 5.41) is 12.7. The van der Waals surface area contributed by atoms with E-state index in [0.29, 0.717) is 12.3 Å². The van der Waals surface area contributed by atoms with Gasteiger partial charge in [-0.1, -0.05) is 13.0 Å². The van der Waals surface area contributed by atoms with E-state index in [-0.39, 0.29) is 11.7 Å². The van der Waals surface area contributed by atoms with Gasteiger partial charge >= 0.3 is 0 Å². The summed E-state index contributed by atoms with van der Waals surface area (Å²) >= 11 is 0. The van der Waals surface area contributed by atoms with E-state index in [4.69, 9.17) is 4.74 Å². The molecule has 0 saturated carbocycles. The molecular weight excluding hydrogens is 256 g/mol. The van der Waals surface area contributed by atoms with Crippen LogP contribution in [0, 0.1) is 0 Å². The fourth-order valence-corrected chi connectivity index (χ4v) is 2.16. The molecule has 0 aliphatic rings. The largest absolute Gasteiger partial charge is 0.504 e. The second kappa shape index (κ2) is 6.61. The molecule has 0 bridgehead atoms. The number of hydrogen-bond donors (Lipinski definition) is 2. The second-order valence-corrected chi connectivity index (χ2v) is 5.32. The topological polar surface area (TPSA) is 61.8 Å². The monoisotopic (exact) mass is 280 g/mol. The molecule has 0 unspecified atom stereocenters. The molecule has 112 valence electrons. The van der Waals surface area contributed by atoms with Crippen LogP contribution in [0.4, 0.5) is 0 Å². The molecule has 0 aromatic heterocycles. The molecule has 2 N–H and O–H groups in total. The molecule has 0 spiro atoms. The van der Waals surface area contributed by atoms with E-state index in [2.05, 4.69) is 5.32 Å². The van der Waals surface area contributed by atoms with Crippen molar-refractivity contribution in [2.75, 3.05) is 20.7 Å². The Labute approximate surface area is 120 Å². The number of benzene rings is 1. The summed E-state index contributed by atoms with van der Waals surface area (Å²) in [6.07, 6.45) is 0. The van der Waals surface area contributed by atoms with E-state index >= 15 is 0 Å². The van der Waals surface area contributed by atoms with Crippen LogP contribution in [-0.2, 0) is 11.3 Å². The van der Waals surface area contributed by atoms with Crippen LogP contribution in [0.25, 0.3) is 0 Å². The zero-order chi connectivity index (χ0) is 15.3. The maximum atomic E-state index is 12.4. The van der Waals surface area contributed by atoms with Gasteiger partial charge in [0.05, 0.1) is 12.6 Å². The predicted octanol–water partition coefficient (Wildman–Crippen LogP) is 1.75. The number of methoxy groups -OCH3 is 1. The highest BCUT2D eigenvalue weighted by atomic mass is 16.5. The molecule has 0 radical (unpaired) electrons. The summed E-state index contributed by atoms with van der Waals surface area (Å²) in [6, 6.07) is 5.09. The number of phenols is 1. The van der Waals surface area contributed by atoms with Gasteiger partial charge in [0, 0.05) is 13.6 Å². The molecule has 5 nitrogen and oxygen atoms in total. The summed E-state index contributed by atoms with van der Waals surface area (Å²) in [5.41, 5.74) is 0.313. The van der Waals surface area contributed by atoms with E-state index < -0.39 is 5.54 Å². The summed E-state index contributed by atoms with van der Waals surface area (Å²) in [4.78, 5) is 14.0. The SMILES string of the molecule is CCNC(C)(C)C(=O)N(C)Cc1ccc(O)c(OC)c1. The van der Waals surface area contributed by atoms with Crippen molar-refractivity contribution in [3.05, 3.63) is 23.8 Å². The summed E-state index contributed by atoms with van der Waals surface area (Å²) < 4.78 is 5.07. The highest BCUT2D eigenvalue weighted by molar-refractivity contribution is 5.85. The molecule has 0 saturated heterocycles. The van der Waals surface area contributed by atoms with Crippen LogP contribution in [0.2, 0.25) is 0 Å². The number of nitrogens with zero attached hydrogens (tertiary/aromatic N) is 1. The van der Waals surface area contributed by atoms with Gasteiger partial charge in [-0.3, -0.25) is 4.79 Å². The minimum Gasteiger partial charge on any atom is -0.504 e. The molecule has 1 aromatic carbocycles. The lowest BCUT2D eigenvalue weighted by Crippen LogP contribution is -2.52. The van der Waals surface area contributed by atoms with Crippen LogP contribution in [-0.4, -0.2) is 42.2 Å². The van der Waals surface area contributed by atoms with E-state index in [9.17, 15) is 9.90 Å². The lowest BCUT2D eigenvalue weighted by molar-refractivity contribution is -0.136. The van der Waals surface area contributed by atoms with Crippen LogP contribution < -0.4 is 10.1 Å². The first-order chi connectivity index (χ1) is 9.31. The third-order valence-corrected chi connectivity index (χ3v) is 3.16. The number of hydrogen-bond acceptors (Lipinski definition) is 4. The van der Waals surface area contributed by atoms with Crippen molar-refractivity contribution in [1.82, 2.24) is 10.2 Å². The van der Waals surface area contributed by atoms with Crippen molar-refractivity contribution in [2.24, 2.45) is 0 Å². The second-order valence-electron chi connectivity index (χ2n) is 5.32. The van der Waals surface area contributed by atoms with Gasteiger partial charge < -0.3 is 20.1 Å². The van der Waals surface area contributed by atoms with Gasteiger partial charge in [0.1, 0.15) is 0 Å². The Kier molecular flexibility index (Phi) is 5.39. The highest BCUT2D eigenvalue weighted by Gasteiger charge is 2.29. The maximum absolute atomic E-state index is 12.4. The minimum absolute atomic E-state index is 0.0198. The van der Waals surface area contributed by atoms with Crippen LogP contribution in [0.15, 0.2) is 18.2 Å². The zero-order valence-electron chi connectivity index (χ0n) is 12.9. The number of carbonyl (C=O) groups is 1. The Hall–Kier alpha value is -1.75. The van der Waals surface area contributed by atoms with Crippen molar-refractivity contribution < 1.29 is 14.6 Å². The standard InChI is InChI=1S/C15H24N2O3/c1-6-16-15(2,3)14(19)17(4)10-11-7-8-12(18)13(9-11)20-5/h7-9,16,18H,6,10H2,1-5H3. The highest BCUT2D eigenvalue weighted by Crippen LogP contribution is 2.26. The molecule has 0 heterocycles. The lowest BCUT2D eigenvalue weighted by atomic mass is 10.0. The van der Waals surface area contributed by atoms with Crippen LogP contribution in [0.1, 0.15) is 26.3 Å². The number of nitrogens with one attached hydrogen (secondary N) is 1. The first-order valence-corrected chi connectivity index (χ1v) is 6.68. The van der Waals surface area contributed by atoms with E-state index in [1.807, 2.05) is 20.8 Å². The average Bonchev–Trinajstić information content (AvgIpc) is 2.39. The average molecular weight is 280 g/mol. The van der Waals surface area contributed by atoms with Gasteiger partial charge in [-0.2, -0.15) is 0 Å². The van der Waals surface area contributed by atoms with Gasteiger partial charge in [0.2, 0.25) is 5.91 Å². The van der Waals surface area contributed by atoms with E-state index in [0.717, 1.165) is 12.1 Å². The van der Waals surface area contributed by atoms with E-state index in [1.54, 1.807) is 30.1 Å². The van der Waals surface area contributed by atoms with Crippen molar-refractivity contribution >= 4 is 5.91 Å². The first-order valence-electron chi connectivity index (χ1n) is 6.68. The van der Waals surface area contributed by atoms with Gasteiger partial charge in [-0.25, -0.2) is 0 Å². The Morgan fingerprint density at radius 1 is 1.45 bits per heavy atom. The third-order valence-electron chi connectivity index (χ3n) is 3.16. The van der Waals surface area contributed by atoms with Crippen molar-refractivity contribution in [3.8, 4) is 11.5 Å². The fourth-order valence-electron chi connectivity index (χ4n) is 2.16. The zero-order valence-corrected chi connectivity index (χ0v) is 12.9. The molecule has 0 atom stereocenters. The molecule has 1 amide bonds. The van der Waals surface area contributed by atoms with E-state index in [1.165, 1.54) is 7.11 Å². The Morgan fingerprint density at radius 2 is 2.10 bits per heavy atom. The molecule has 1 aromatic rings. The van der Waals surface area contributed by atoms with Gasteiger partial charge in [0.25, 0.3) is 0 Å². The molecule has 5 heteroatoms. The smallest absolute Gasteiger partial charge is 0.242 e. The Balaban J connectivity index is 2.80. The van der Waals surface area contributed by atoms with Crippen molar-refractivity contribution in [1.29, 1.82) is 0 Å². The minimum atomic E-state index is -0.593. The number of amides is 1. The first kappa shape index (κ1) is 16.3. The summed E-state index contributed by atoms with van der Waals surface area (Å²) in [7, 11) is 3.27. The molecule has 0 fully saturated rings. The number of aromatic hydroxyl groups is 1. The van der Waals surface area contributed by atoms with Gasteiger partial charge in [-0.05, 0) is 38.1 Å². The number of phenolic OH excluding ortho intramolecular Hbond substituents is 1. The Bertz CT molecular complexity index is 472. The number of ether oxygens (including phenoxy) is 1.